The molecule has 68 valence electrons. The molecule has 1 aliphatic rings. The Balaban J connectivity index is 2.19. The van der Waals surface area contributed by atoms with E-state index in [1.54, 1.807) is 7.05 Å². The van der Waals surface area contributed by atoms with Crippen LogP contribution >= 0.6 is 0 Å². The van der Waals surface area contributed by atoms with Gasteiger partial charge in [-0.25, -0.2) is 4.79 Å². The third-order valence-electron chi connectivity index (χ3n) is 1.73. The van der Waals surface area contributed by atoms with Gasteiger partial charge in [-0.1, -0.05) is 0 Å². The summed E-state index contributed by atoms with van der Waals surface area (Å²) in [7, 11) is 1.59. The predicted molar refractivity (Wildman–Crippen MR) is 43.7 cm³/mol. The SMILES string of the molecule is CC1=CC1OC(=O)N(C)CCO. The van der Waals surface area contributed by atoms with Gasteiger partial charge in [-0.2, -0.15) is 0 Å². The molecule has 0 saturated carbocycles. The quantitative estimate of drug-likeness (QED) is 0.624. The van der Waals surface area contributed by atoms with Gasteiger partial charge in [0, 0.05) is 13.6 Å². The maximum absolute atomic E-state index is 11.1. The van der Waals surface area contributed by atoms with Gasteiger partial charge in [0.15, 0.2) is 0 Å². The van der Waals surface area contributed by atoms with E-state index in [1.807, 2.05) is 13.0 Å². The third-order valence-corrected chi connectivity index (χ3v) is 1.73. The lowest BCUT2D eigenvalue weighted by Gasteiger charge is -2.15. The lowest BCUT2D eigenvalue weighted by Crippen LogP contribution is -2.30. The van der Waals surface area contributed by atoms with Crippen LogP contribution in [0.2, 0.25) is 0 Å². The zero-order chi connectivity index (χ0) is 9.14. The van der Waals surface area contributed by atoms with Crippen LogP contribution in [0.1, 0.15) is 6.92 Å². The van der Waals surface area contributed by atoms with E-state index in [-0.39, 0.29) is 18.8 Å². The number of nitrogens with zero attached hydrogens (tertiary/aromatic N) is 1. The van der Waals surface area contributed by atoms with Crippen molar-refractivity contribution >= 4 is 6.09 Å². The Bertz CT molecular complexity index is 212. The molecule has 1 unspecified atom stereocenters. The molecule has 0 aliphatic heterocycles. The second-order valence-electron chi connectivity index (χ2n) is 2.86. The first kappa shape index (κ1) is 9.06. The van der Waals surface area contributed by atoms with Crippen LogP contribution in [0.5, 0.6) is 0 Å². The summed E-state index contributed by atoms with van der Waals surface area (Å²) in [6.45, 7) is 2.18. The van der Waals surface area contributed by atoms with Crippen LogP contribution in [0.15, 0.2) is 11.6 Å². The summed E-state index contributed by atoms with van der Waals surface area (Å²) in [5.41, 5.74) is 1.08. The fourth-order valence-corrected chi connectivity index (χ4v) is 0.758. The lowest BCUT2D eigenvalue weighted by atomic mass is 10.5. The van der Waals surface area contributed by atoms with E-state index >= 15 is 0 Å². The summed E-state index contributed by atoms with van der Waals surface area (Å²) in [5.74, 6) is 0. The number of rotatable bonds is 3. The fourth-order valence-electron chi connectivity index (χ4n) is 0.758. The molecule has 0 aromatic heterocycles. The number of aliphatic hydroxyl groups is 1. The van der Waals surface area contributed by atoms with Gasteiger partial charge in [-0.3, -0.25) is 0 Å². The number of likely N-dealkylation sites (N-methyl/N-ethyl adjacent to an activating group) is 1. The van der Waals surface area contributed by atoms with Gasteiger partial charge in [0.1, 0.15) is 6.10 Å². The number of ether oxygens (including phenoxy) is 1. The van der Waals surface area contributed by atoms with E-state index in [0.717, 1.165) is 5.57 Å². The van der Waals surface area contributed by atoms with Crippen molar-refractivity contribution in [2.45, 2.75) is 13.0 Å². The van der Waals surface area contributed by atoms with E-state index in [9.17, 15) is 4.79 Å². The molecule has 0 aromatic rings. The first-order valence-corrected chi connectivity index (χ1v) is 3.86. The number of carbonyl (C=O) groups excluding carboxylic acids is 1. The molecule has 0 heterocycles. The van der Waals surface area contributed by atoms with Gasteiger partial charge >= 0.3 is 6.09 Å². The zero-order valence-corrected chi connectivity index (χ0v) is 7.28. The topological polar surface area (TPSA) is 49.8 Å². The second kappa shape index (κ2) is 3.58. The lowest BCUT2D eigenvalue weighted by molar-refractivity contribution is 0.102. The largest absolute Gasteiger partial charge is 0.437 e. The van der Waals surface area contributed by atoms with Gasteiger partial charge in [-0.05, 0) is 18.6 Å². The zero-order valence-electron chi connectivity index (χ0n) is 7.28. The van der Waals surface area contributed by atoms with Crippen LogP contribution < -0.4 is 0 Å². The number of amides is 1. The van der Waals surface area contributed by atoms with Crippen molar-refractivity contribution in [2.24, 2.45) is 0 Å². The van der Waals surface area contributed by atoms with E-state index in [2.05, 4.69) is 0 Å². The minimum atomic E-state index is -0.387. The number of carbonyl (C=O) groups is 1. The highest BCUT2D eigenvalue weighted by Crippen LogP contribution is 2.23. The molecular weight excluding hydrogens is 158 g/mol. The van der Waals surface area contributed by atoms with Crippen molar-refractivity contribution in [3.63, 3.8) is 0 Å². The number of hydrogen-bond donors (Lipinski definition) is 1. The highest BCUT2D eigenvalue weighted by Gasteiger charge is 2.25. The Labute approximate surface area is 71.4 Å². The molecule has 4 heteroatoms. The van der Waals surface area contributed by atoms with Crippen LogP contribution in [0.3, 0.4) is 0 Å². The average molecular weight is 171 g/mol. The smallest absolute Gasteiger partial charge is 0.410 e. The third kappa shape index (κ3) is 2.23. The Morgan fingerprint density at radius 1 is 1.83 bits per heavy atom. The van der Waals surface area contributed by atoms with Crippen molar-refractivity contribution < 1.29 is 14.6 Å². The Morgan fingerprint density at radius 3 is 2.83 bits per heavy atom. The molecule has 0 radical (unpaired) electrons. The van der Waals surface area contributed by atoms with Gasteiger partial charge in [0.25, 0.3) is 0 Å². The van der Waals surface area contributed by atoms with Crippen LogP contribution in [0.25, 0.3) is 0 Å². The van der Waals surface area contributed by atoms with Crippen molar-refractivity contribution in [2.75, 3.05) is 20.2 Å². The minimum Gasteiger partial charge on any atom is -0.437 e. The molecule has 1 aliphatic carbocycles. The van der Waals surface area contributed by atoms with E-state index in [4.69, 9.17) is 9.84 Å². The number of hydrogen-bond acceptors (Lipinski definition) is 3. The maximum atomic E-state index is 11.1. The molecule has 0 bridgehead atoms. The molecule has 1 amide bonds. The molecule has 0 fully saturated rings. The Hall–Kier alpha value is -1.03. The molecule has 0 aromatic carbocycles. The summed E-state index contributed by atoms with van der Waals surface area (Å²) in [6.07, 6.45) is 1.38. The van der Waals surface area contributed by atoms with Gasteiger partial charge in [0.2, 0.25) is 0 Å². The average Bonchev–Trinajstić information content (AvgIpc) is 2.67. The molecule has 4 nitrogen and oxygen atoms in total. The van der Waals surface area contributed by atoms with E-state index in [0.29, 0.717) is 6.54 Å². The molecule has 0 saturated heterocycles. The van der Waals surface area contributed by atoms with Crippen LogP contribution in [-0.4, -0.2) is 42.4 Å². The molecule has 1 N–H and O–H groups in total. The predicted octanol–water partition coefficient (Wildman–Crippen LogP) is 0.376. The molecule has 1 atom stereocenters. The second-order valence-corrected chi connectivity index (χ2v) is 2.86. The molecule has 12 heavy (non-hydrogen) atoms. The van der Waals surface area contributed by atoms with Crippen molar-refractivity contribution in [3.8, 4) is 0 Å². The van der Waals surface area contributed by atoms with Crippen molar-refractivity contribution in [3.05, 3.63) is 11.6 Å². The highest BCUT2D eigenvalue weighted by molar-refractivity contribution is 5.68. The summed E-state index contributed by atoms with van der Waals surface area (Å²) in [6, 6.07) is 0. The normalized spacial score (nSPS) is 19.9. The molecule has 0 spiro atoms. The highest BCUT2D eigenvalue weighted by atomic mass is 16.6. The van der Waals surface area contributed by atoms with Gasteiger partial charge < -0.3 is 14.7 Å². The van der Waals surface area contributed by atoms with E-state index < -0.39 is 0 Å². The van der Waals surface area contributed by atoms with Crippen molar-refractivity contribution in [1.82, 2.24) is 4.90 Å². The van der Waals surface area contributed by atoms with Crippen LogP contribution in [0.4, 0.5) is 4.79 Å². The summed E-state index contributed by atoms with van der Waals surface area (Å²) < 4.78 is 4.97. The van der Waals surface area contributed by atoms with E-state index in [1.165, 1.54) is 4.90 Å². The monoisotopic (exact) mass is 171 g/mol. The van der Waals surface area contributed by atoms with Gasteiger partial charge in [0.05, 0.1) is 6.61 Å². The van der Waals surface area contributed by atoms with Gasteiger partial charge in [-0.15, -0.1) is 0 Å². The first-order chi connectivity index (χ1) is 5.65. The Morgan fingerprint density at radius 2 is 2.42 bits per heavy atom. The minimum absolute atomic E-state index is 0.0390. The molecular formula is C8H13NO3. The Kier molecular flexibility index (Phi) is 2.70. The fraction of sp³-hybridized carbons (Fsp3) is 0.625. The standard InChI is InChI=1S/C8H13NO3/c1-6-5-7(6)12-8(11)9(2)3-4-10/h5,7,10H,3-4H2,1-2H3. The molecule has 1 rings (SSSR count). The summed E-state index contributed by atoms with van der Waals surface area (Å²) in [5, 5.41) is 8.52. The van der Waals surface area contributed by atoms with Crippen LogP contribution in [0, 0.1) is 0 Å². The summed E-state index contributed by atoms with van der Waals surface area (Å²) in [4.78, 5) is 12.4. The summed E-state index contributed by atoms with van der Waals surface area (Å²) >= 11 is 0. The number of aliphatic hydroxyl groups excluding tert-OH is 1. The van der Waals surface area contributed by atoms with Crippen LogP contribution in [-0.2, 0) is 4.74 Å². The maximum Gasteiger partial charge on any atom is 0.410 e. The first-order valence-electron chi connectivity index (χ1n) is 3.86. The van der Waals surface area contributed by atoms with Crippen molar-refractivity contribution in [1.29, 1.82) is 0 Å².